The van der Waals surface area contributed by atoms with E-state index in [1.165, 1.54) is 17.8 Å². The maximum Gasteiger partial charge on any atom is 0.319 e. The molecule has 0 saturated heterocycles. The van der Waals surface area contributed by atoms with Gasteiger partial charge in [-0.25, -0.2) is 13.2 Å². The number of aliphatic hydroxyl groups is 1. The van der Waals surface area contributed by atoms with Gasteiger partial charge in [0.15, 0.2) is 5.75 Å². The Balaban J connectivity index is 1.66. The topological polar surface area (TPSA) is 128 Å². The Morgan fingerprint density at radius 1 is 1.12 bits per heavy atom. The molecule has 0 unspecified atom stereocenters. The zero-order chi connectivity index (χ0) is 28.9. The summed E-state index contributed by atoms with van der Waals surface area (Å²) in [6.45, 7) is 3.67. The Labute approximate surface area is 236 Å². The number of nitrogens with one attached hydrogen (secondary N) is 2. The number of rotatable bonds is 8. The van der Waals surface area contributed by atoms with Gasteiger partial charge < -0.3 is 25.4 Å². The minimum absolute atomic E-state index is 0.00990. The van der Waals surface area contributed by atoms with E-state index in [2.05, 4.69) is 10.6 Å². The highest BCUT2D eigenvalue weighted by Crippen LogP contribution is 2.35. The summed E-state index contributed by atoms with van der Waals surface area (Å²) in [6.07, 6.45) is 4.49. The second-order valence-corrected chi connectivity index (χ2v) is 12.9. The molecule has 1 aliphatic carbocycles. The number of urea groups is 1. The molecule has 11 heteroatoms. The molecular weight excluding hydrogens is 532 g/mol. The molecule has 3 N–H and O–H groups in total. The van der Waals surface area contributed by atoms with Crippen LogP contribution in [0.2, 0.25) is 0 Å². The number of likely N-dealkylation sites (N-methyl/N-ethyl adjacent to an activating group) is 1. The molecule has 40 heavy (non-hydrogen) atoms. The van der Waals surface area contributed by atoms with Crippen molar-refractivity contribution < 1.29 is 27.9 Å². The van der Waals surface area contributed by atoms with Crippen LogP contribution in [0, 0.1) is 5.92 Å². The monoisotopic (exact) mass is 572 g/mol. The molecular formula is C29H40N4O6S. The Morgan fingerprint density at radius 2 is 1.82 bits per heavy atom. The summed E-state index contributed by atoms with van der Waals surface area (Å²) < 4.78 is 34.3. The lowest BCUT2D eigenvalue weighted by Gasteiger charge is -2.38. The fourth-order valence-corrected chi connectivity index (χ4v) is 6.48. The van der Waals surface area contributed by atoms with E-state index in [0.29, 0.717) is 5.69 Å². The first kappa shape index (κ1) is 29.8. The minimum Gasteiger partial charge on any atom is -0.486 e. The molecule has 0 aromatic heterocycles. The minimum atomic E-state index is -3.80. The number of sulfonamides is 1. The molecule has 0 radical (unpaired) electrons. The van der Waals surface area contributed by atoms with Crippen LogP contribution in [0.15, 0.2) is 53.4 Å². The number of para-hydroxylation sites is 1. The summed E-state index contributed by atoms with van der Waals surface area (Å²) >= 11 is 0. The SMILES string of the molecule is C[C@@H]1CN([C@H](C)CO)C(=O)c2cccc(NC(=O)NC3CCCCC3)c2O[C@H]1CN(C)S(=O)(=O)c1ccccc1. The molecule has 0 bridgehead atoms. The third-order valence-corrected chi connectivity index (χ3v) is 9.61. The van der Waals surface area contributed by atoms with Crippen LogP contribution >= 0.6 is 0 Å². The van der Waals surface area contributed by atoms with Crippen LogP contribution in [-0.4, -0.2) is 79.6 Å². The number of nitrogens with zero attached hydrogens (tertiary/aromatic N) is 2. The zero-order valence-electron chi connectivity index (χ0n) is 23.4. The highest BCUT2D eigenvalue weighted by atomic mass is 32.2. The molecule has 1 fully saturated rings. The second kappa shape index (κ2) is 13.0. The van der Waals surface area contributed by atoms with Crippen molar-refractivity contribution in [3.05, 3.63) is 54.1 Å². The third-order valence-electron chi connectivity index (χ3n) is 7.77. The van der Waals surface area contributed by atoms with E-state index in [-0.39, 0.29) is 59.8 Å². The number of amides is 3. The van der Waals surface area contributed by atoms with Crippen molar-refractivity contribution in [1.82, 2.24) is 14.5 Å². The largest absolute Gasteiger partial charge is 0.486 e. The van der Waals surface area contributed by atoms with Crippen molar-refractivity contribution >= 4 is 27.6 Å². The molecule has 218 valence electrons. The first-order valence-corrected chi connectivity index (χ1v) is 15.4. The number of aliphatic hydroxyl groups excluding tert-OH is 1. The highest BCUT2D eigenvalue weighted by Gasteiger charge is 2.36. The van der Waals surface area contributed by atoms with Crippen LogP contribution in [0.1, 0.15) is 56.3 Å². The molecule has 2 aliphatic rings. The summed E-state index contributed by atoms with van der Waals surface area (Å²) in [6, 6.07) is 12.4. The van der Waals surface area contributed by atoms with Crippen molar-refractivity contribution in [3.63, 3.8) is 0 Å². The average Bonchev–Trinajstić information content (AvgIpc) is 2.95. The lowest BCUT2D eigenvalue weighted by atomic mass is 9.96. The first-order valence-electron chi connectivity index (χ1n) is 13.9. The van der Waals surface area contributed by atoms with Gasteiger partial charge in [0.25, 0.3) is 5.91 Å². The van der Waals surface area contributed by atoms with Gasteiger partial charge in [0.2, 0.25) is 10.0 Å². The number of hydrogen-bond donors (Lipinski definition) is 3. The number of carbonyl (C=O) groups is 2. The van der Waals surface area contributed by atoms with Crippen LogP contribution in [0.3, 0.4) is 0 Å². The number of ether oxygens (including phenoxy) is 1. The molecule has 1 heterocycles. The van der Waals surface area contributed by atoms with Gasteiger partial charge in [-0.2, -0.15) is 4.31 Å². The van der Waals surface area contributed by atoms with Crippen LogP contribution in [0.5, 0.6) is 5.75 Å². The lowest BCUT2D eigenvalue weighted by Crippen LogP contribution is -2.50. The van der Waals surface area contributed by atoms with E-state index < -0.39 is 22.2 Å². The lowest BCUT2D eigenvalue weighted by molar-refractivity contribution is 0.0389. The van der Waals surface area contributed by atoms with Gasteiger partial charge in [-0.1, -0.05) is 50.5 Å². The molecule has 4 rings (SSSR count). The number of carbonyl (C=O) groups excluding carboxylic acids is 2. The molecule has 1 saturated carbocycles. The Hall–Kier alpha value is -3.15. The quantitative estimate of drug-likeness (QED) is 0.443. The molecule has 3 amide bonds. The second-order valence-electron chi connectivity index (χ2n) is 10.8. The number of anilines is 1. The molecule has 3 atom stereocenters. The summed E-state index contributed by atoms with van der Waals surface area (Å²) in [7, 11) is -2.30. The predicted molar refractivity (Wildman–Crippen MR) is 153 cm³/mol. The summed E-state index contributed by atoms with van der Waals surface area (Å²) in [5.41, 5.74) is 0.560. The van der Waals surface area contributed by atoms with Gasteiger partial charge in [-0.05, 0) is 44.0 Å². The van der Waals surface area contributed by atoms with Crippen molar-refractivity contribution in [2.75, 3.05) is 32.1 Å². The smallest absolute Gasteiger partial charge is 0.319 e. The standard InChI is InChI=1S/C29H40N4O6S/c1-20-17-33(21(2)19-34)28(35)24-15-10-16-25(31-29(36)30-22-11-6-4-7-12-22)27(24)39-26(20)18-32(3)40(37,38)23-13-8-5-9-14-23/h5,8-10,13-16,20-22,26,34H,4,6-7,11-12,17-19H2,1-3H3,(H2,30,31,36)/t20-,21-,26+/m1/s1. The van der Waals surface area contributed by atoms with Gasteiger partial charge in [0.1, 0.15) is 6.10 Å². The van der Waals surface area contributed by atoms with E-state index in [0.717, 1.165) is 25.7 Å². The fraction of sp³-hybridized carbons (Fsp3) is 0.517. The zero-order valence-corrected chi connectivity index (χ0v) is 24.2. The van der Waals surface area contributed by atoms with Crippen LogP contribution in [0.4, 0.5) is 10.5 Å². The van der Waals surface area contributed by atoms with Crippen molar-refractivity contribution in [2.24, 2.45) is 5.92 Å². The summed E-state index contributed by atoms with van der Waals surface area (Å²) in [5.74, 6) is -0.449. The van der Waals surface area contributed by atoms with Gasteiger partial charge in [-0.3, -0.25) is 4.79 Å². The Morgan fingerprint density at radius 3 is 2.50 bits per heavy atom. The van der Waals surface area contributed by atoms with Crippen LogP contribution in [-0.2, 0) is 10.0 Å². The molecule has 2 aromatic carbocycles. The van der Waals surface area contributed by atoms with Crippen molar-refractivity contribution in [2.45, 2.75) is 69.0 Å². The van der Waals surface area contributed by atoms with Gasteiger partial charge in [0, 0.05) is 25.6 Å². The molecule has 2 aromatic rings. The van der Waals surface area contributed by atoms with E-state index >= 15 is 0 Å². The van der Waals surface area contributed by atoms with Crippen LogP contribution < -0.4 is 15.4 Å². The van der Waals surface area contributed by atoms with E-state index in [1.54, 1.807) is 60.4 Å². The van der Waals surface area contributed by atoms with E-state index in [1.807, 2.05) is 6.92 Å². The maximum absolute atomic E-state index is 13.7. The fourth-order valence-electron chi connectivity index (χ4n) is 5.27. The van der Waals surface area contributed by atoms with Crippen molar-refractivity contribution in [3.8, 4) is 5.75 Å². The summed E-state index contributed by atoms with van der Waals surface area (Å²) in [5, 5.41) is 15.8. The Kier molecular flexibility index (Phi) is 9.70. The highest BCUT2D eigenvalue weighted by molar-refractivity contribution is 7.89. The maximum atomic E-state index is 13.7. The number of fused-ring (bicyclic) bond motifs is 1. The first-order chi connectivity index (χ1) is 19.1. The van der Waals surface area contributed by atoms with Gasteiger partial charge in [0.05, 0.1) is 35.3 Å². The number of hydrogen-bond acceptors (Lipinski definition) is 6. The Bertz CT molecular complexity index is 1280. The van der Waals surface area contributed by atoms with E-state index in [4.69, 9.17) is 4.74 Å². The molecule has 10 nitrogen and oxygen atoms in total. The third kappa shape index (κ3) is 6.76. The average molecular weight is 573 g/mol. The van der Waals surface area contributed by atoms with Crippen LogP contribution in [0.25, 0.3) is 0 Å². The van der Waals surface area contributed by atoms with E-state index in [9.17, 15) is 23.1 Å². The summed E-state index contributed by atoms with van der Waals surface area (Å²) in [4.78, 5) is 28.4. The molecule has 1 aliphatic heterocycles. The molecule has 0 spiro atoms. The predicted octanol–water partition coefficient (Wildman–Crippen LogP) is 3.68. The normalized spacial score (nSPS) is 21.1. The van der Waals surface area contributed by atoms with Gasteiger partial charge >= 0.3 is 6.03 Å². The number of benzene rings is 2. The van der Waals surface area contributed by atoms with Gasteiger partial charge in [-0.15, -0.1) is 0 Å². The van der Waals surface area contributed by atoms with Crippen molar-refractivity contribution in [1.29, 1.82) is 0 Å².